The Morgan fingerprint density at radius 1 is 0.879 bits per heavy atom. The van der Waals surface area contributed by atoms with Gasteiger partial charge >= 0.3 is 23.9 Å². The largest absolute Gasteiger partial charge is 0.463 e. The summed E-state index contributed by atoms with van der Waals surface area (Å²) in [5, 5.41) is 2.58. The fourth-order valence-electron chi connectivity index (χ4n) is 3.25. The molecule has 3 N–H and O–H groups in total. The number of carbonyl (C=O) groups is 5. The van der Waals surface area contributed by atoms with Gasteiger partial charge in [-0.15, -0.1) is 0 Å². The number of benzene rings is 1. The van der Waals surface area contributed by atoms with Crippen LogP contribution in [0.15, 0.2) is 24.3 Å². The first-order valence-electron chi connectivity index (χ1n) is 9.95. The zero-order valence-corrected chi connectivity index (χ0v) is 18.6. The Morgan fingerprint density at radius 3 is 2.00 bits per heavy atom. The van der Waals surface area contributed by atoms with Gasteiger partial charge in [0, 0.05) is 33.4 Å². The van der Waals surface area contributed by atoms with Crippen molar-refractivity contribution in [1.29, 1.82) is 0 Å². The van der Waals surface area contributed by atoms with Gasteiger partial charge in [0.15, 0.2) is 12.2 Å². The number of amides is 1. The minimum Gasteiger partial charge on any atom is -0.463 e. The zero-order chi connectivity index (χ0) is 24.7. The highest BCUT2D eigenvalue weighted by molar-refractivity contribution is 5.99. The standard InChI is InChI=1S/C21H26N2O10/c1-10(24)29-9-16-18(30-11(2)25)19(31-12(3)26)17(21(33-16)32-13(4)27)23-20(28)14-7-5-6-8-15(14)22/h5-8,16-19,21H,9,22H2,1-4H3,(H,23,28)/t16?,17-,18-,19+,21?/m0/s1. The van der Waals surface area contributed by atoms with Crippen molar-refractivity contribution >= 4 is 35.5 Å². The van der Waals surface area contributed by atoms with Crippen molar-refractivity contribution < 1.29 is 47.7 Å². The van der Waals surface area contributed by atoms with Crippen LogP contribution in [0.4, 0.5) is 5.69 Å². The van der Waals surface area contributed by atoms with Gasteiger partial charge in [-0.25, -0.2) is 0 Å². The summed E-state index contributed by atoms with van der Waals surface area (Å²) in [5.74, 6) is -3.63. The Balaban J connectivity index is 2.47. The maximum absolute atomic E-state index is 12.9. The quantitative estimate of drug-likeness (QED) is 0.317. The molecule has 0 radical (unpaired) electrons. The SMILES string of the molecule is CC(=O)OCC1OC(OC(C)=O)[C@@H](NC(=O)c2ccccc2N)[C@@H](OC(C)=O)[C@H]1OC(C)=O. The lowest BCUT2D eigenvalue weighted by atomic mass is 9.95. The molecule has 0 aromatic heterocycles. The molecule has 2 rings (SSSR count). The van der Waals surface area contributed by atoms with E-state index in [0.717, 1.165) is 27.7 Å². The molecule has 12 nitrogen and oxygen atoms in total. The lowest BCUT2D eigenvalue weighted by Gasteiger charge is -2.44. The highest BCUT2D eigenvalue weighted by atomic mass is 16.7. The maximum atomic E-state index is 12.9. The summed E-state index contributed by atoms with van der Waals surface area (Å²) in [6.45, 7) is 4.08. The third-order valence-corrected chi connectivity index (χ3v) is 4.49. The molecule has 2 unspecified atom stereocenters. The molecule has 1 heterocycles. The number of anilines is 1. The fraction of sp³-hybridized carbons (Fsp3) is 0.476. The molecular formula is C21H26N2O10. The Kier molecular flexibility index (Phi) is 8.74. The molecule has 1 aromatic rings. The minimum absolute atomic E-state index is 0.103. The summed E-state index contributed by atoms with van der Waals surface area (Å²) in [6, 6.07) is 4.89. The van der Waals surface area contributed by atoms with E-state index in [1.54, 1.807) is 12.1 Å². The molecule has 1 aliphatic rings. The Morgan fingerprint density at radius 2 is 1.45 bits per heavy atom. The summed E-state index contributed by atoms with van der Waals surface area (Å²) < 4.78 is 26.5. The number of nitrogen functional groups attached to an aromatic ring is 1. The molecular weight excluding hydrogens is 440 g/mol. The number of carbonyl (C=O) groups excluding carboxylic acids is 5. The van der Waals surface area contributed by atoms with Crippen molar-refractivity contribution in [3.63, 3.8) is 0 Å². The smallest absolute Gasteiger partial charge is 0.305 e. The van der Waals surface area contributed by atoms with Crippen LogP contribution < -0.4 is 11.1 Å². The number of rotatable bonds is 7. The van der Waals surface area contributed by atoms with Gasteiger partial charge in [-0.3, -0.25) is 24.0 Å². The predicted octanol–water partition coefficient (Wildman–Crippen LogP) is 0.0817. The molecule has 0 saturated carbocycles. The third-order valence-electron chi connectivity index (χ3n) is 4.49. The molecule has 12 heteroatoms. The highest BCUT2D eigenvalue weighted by Gasteiger charge is 2.52. The molecule has 1 aliphatic heterocycles. The summed E-state index contributed by atoms with van der Waals surface area (Å²) in [7, 11) is 0. The van der Waals surface area contributed by atoms with Crippen molar-refractivity contribution in [2.75, 3.05) is 12.3 Å². The first-order valence-corrected chi connectivity index (χ1v) is 9.95. The van der Waals surface area contributed by atoms with E-state index < -0.39 is 67.0 Å². The molecule has 0 spiro atoms. The lowest BCUT2D eigenvalue weighted by molar-refractivity contribution is -0.270. The van der Waals surface area contributed by atoms with E-state index in [9.17, 15) is 24.0 Å². The predicted molar refractivity (Wildman–Crippen MR) is 110 cm³/mol. The van der Waals surface area contributed by atoms with Gasteiger partial charge in [-0.1, -0.05) is 12.1 Å². The van der Waals surface area contributed by atoms with Crippen molar-refractivity contribution in [2.24, 2.45) is 0 Å². The summed E-state index contributed by atoms with van der Waals surface area (Å²) in [6.07, 6.45) is -5.33. The molecule has 1 saturated heterocycles. The van der Waals surface area contributed by atoms with E-state index in [1.807, 2.05) is 0 Å². The number of hydrogen-bond acceptors (Lipinski definition) is 11. The summed E-state index contributed by atoms with van der Waals surface area (Å²) in [5.41, 5.74) is 6.13. The molecule has 1 amide bonds. The normalized spacial score (nSPS) is 24.2. The van der Waals surface area contributed by atoms with Crippen LogP contribution in [0, 0.1) is 0 Å². The number of ether oxygens (including phenoxy) is 5. The monoisotopic (exact) mass is 466 g/mol. The van der Waals surface area contributed by atoms with Crippen LogP contribution in [0.3, 0.4) is 0 Å². The van der Waals surface area contributed by atoms with Gasteiger partial charge in [0.2, 0.25) is 6.29 Å². The van der Waals surface area contributed by atoms with Gasteiger partial charge in [-0.05, 0) is 12.1 Å². The zero-order valence-electron chi connectivity index (χ0n) is 18.6. The molecule has 0 aliphatic carbocycles. The highest BCUT2D eigenvalue weighted by Crippen LogP contribution is 2.28. The second-order valence-electron chi connectivity index (χ2n) is 7.19. The first-order chi connectivity index (χ1) is 15.5. The number of hydrogen-bond donors (Lipinski definition) is 2. The number of nitrogens with one attached hydrogen (secondary N) is 1. The third kappa shape index (κ3) is 7.17. The molecule has 180 valence electrons. The Bertz CT molecular complexity index is 918. The average molecular weight is 466 g/mol. The minimum atomic E-state index is -1.48. The van der Waals surface area contributed by atoms with E-state index >= 15 is 0 Å². The van der Waals surface area contributed by atoms with Gasteiger partial charge < -0.3 is 34.7 Å². The number of para-hydroxylation sites is 1. The lowest BCUT2D eigenvalue weighted by Crippen LogP contribution is -2.67. The van der Waals surface area contributed by atoms with Crippen LogP contribution in [-0.4, -0.2) is 67.0 Å². The van der Waals surface area contributed by atoms with Crippen LogP contribution in [0.1, 0.15) is 38.1 Å². The van der Waals surface area contributed by atoms with Crippen molar-refractivity contribution in [3.05, 3.63) is 29.8 Å². The fourth-order valence-corrected chi connectivity index (χ4v) is 3.25. The van der Waals surface area contributed by atoms with Crippen molar-refractivity contribution in [1.82, 2.24) is 5.32 Å². The second-order valence-corrected chi connectivity index (χ2v) is 7.19. The number of nitrogens with two attached hydrogens (primary N) is 1. The average Bonchev–Trinajstić information content (AvgIpc) is 2.70. The van der Waals surface area contributed by atoms with Crippen molar-refractivity contribution in [2.45, 2.75) is 58.3 Å². The molecule has 33 heavy (non-hydrogen) atoms. The molecule has 0 bridgehead atoms. The van der Waals surface area contributed by atoms with Gasteiger partial charge in [0.25, 0.3) is 5.91 Å². The van der Waals surface area contributed by atoms with E-state index in [2.05, 4.69) is 5.32 Å². The van der Waals surface area contributed by atoms with Gasteiger partial charge in [0.1, 0.15) is 18.8 Å². The van der Waals surface area contributed by atoms with Gasteiger partial charge in [-0.2, -0.15) is 0 Å². The van der Waals surface area contributed by atoms with E-state index in [0.29, 0.717) is 0 Å². The maximum Gasteiger partial charge on any atom is 0.305 e. The molecule has 1 aromatic carbocycles. The van der Waals surface area contributed by atoms with E-state index in [1.165, 1.54) is 12.1 Å². The van der Waals surface area contributed by atoms with Crippen LogP contribution in [0.5, 0.6) is 0 Å². The molecule has 1 fully saturated rings. The topological polar surface area (TPSA) is 170 Å². The second kappa shape index (κ2) is 11.3. The van der Waals surface area contributed by atoms with Crippen molar-refractivity contribution in [3.8, 4) is 0 Å². The van der Waals surface area contributed by atoms with Gasteiger partial charge in [0.05, 0.1) is 5.56 Å². The van der Waals surface area contributed by atoms with Crippen LogP contribution in [0.25, 0.3) is 0 Å². The summed E-state index contributed by atoms with van der Waals surface area (Å²) in [4.78, 5) is 59.6. The van der Waals surface area contributed by atoms with Crippen LogP contribution in [-0.2, 0) is 42.9 Å². The summed E-state index contributed by atoms with van der Waals surface area (Å²) >= 11 is 0. The number of esters is 4. The Hall–Kier alpha value is -3.67. The van der Waals surface area contributed by atoms with Crippen LogP contribution in [0.2, 0.25) is 0 Å². The van der Waals surface area contributed by atoms with Crippen LogP contribution >= 0.6 is 0 Å². The van der Waals surface area contributed by atoms with E-state index in [4.69, 9.17) is 29.4 Å². The van der Waals surface area contributed by atoms with E-state index in [-0.39, 0.29) is 11.3 Å². The molecule has 5 atom stereocenters. The Labute approximate surface area is 189 Å². The first kappa shape index (κ1) is 25.6.